The van der Waals surface area contributed by atoms with Gasteiger partial charge in [0.25, 0.3) is 0 Å². The Morgan fingerprint density at radius 1 is 1.12 bits per heavy atom. The van der Waals surface area contributed by atoms with Gasteiger partial charge in [0.05, 0.1) is 14.2 Å². The average molecular weight is 349 g/mol. The zero-order chi connectivity index (χ0) is 12.5. The first-order valence-electron chi connectivity index (χ1n) is 5.79. The Morgan fingerprint density at radius 2 is 1.88 bits per heavy atom. The Hall–Kier alpha value is -0.490. The van der Waals surface area contributed by atoms with Gasteiger partial charge >= 0.3 is 0 Å². The van der Waals surface area contributed by atoms with E-state index in [0.29, 0.717) is 0 Å². The van der Waals surface area contributed by atoms with Crippen LogP contribution in [0.1, 0.15) is 18.4 Å². The molecule has 0 aromatic heterocycles. The average Bonchev–Trinajstić information content (AvgIpc) is 2.38. The number of hydrogen-bond donors (Lipinski definition) is 1. The summed E-state index contributed by atoms with van der Waals surface area (Å²) in [6.07, 6.45) is 2.51. The molecule has 0 saturated heterocycles. The van der Waals surface area contributed by atoms with E-state index in [9.17, 15) is 0 Å². The van der Waals surface area contributed by atoms with Crippen molar-refractivity contribution in [1.82, 2.24) is 5.32 Å². The third-order valence-electron chi connectivity index (χ3n) is 2.51. The lowest BCUT2D eigenvalue weighted by atomic mass is 10.2. The maximum absolute atomic E-state index is 5.27. The lowest BCUT2D eigenvalue weighted by molar-refractivity contribution is 0.354. The van der Waals surface area contributed by atoms with Crippen molar-refractivity contribution in [2.45, 2.75) is 19.4 Å². The highest BCUT2D eigenvalue weighted by Crippen LogP contribution is 2.27. The lowest BCUT2D eigenvalue weighted by Gasteiger charge is -2.10. The van der Waals surface area contributed by atoms with Gasteiger partial charge in [0.1, 0.15) is 0 Å². The van der Waals surface area contributed by atoms with Gasteiger partial charge in [-0.1, -0.05) is 28.7 Å². The van der Waals surface area contributed by atoms with Crippen LogP contribution in [0.4, 0.5) is 0 Å². The molecule has 0 atom stereocenters. The van der Waals surface area contributed by atoms with E-state index in [0.717, 1.165) is 24.6 Å². The van der Waals surface area contributed by atoms with Crippen LogP contribution in [-0.4, -0.2) is 25.2 Å². The summed E-state index contributed by atoms with van der Waals surface area (Å²) < 4.78 is 11.7. The topological polar surface area (TPSA) is 30.5 Å². The van der Waals surface area contributed by atoms with E-state index < -0.39 is 0 Å². The molecule has 1 aromatic rings. The first-order valence-corrected chi connectivity index (χ1v) is 7.32. The van der Waals surface area contributed by atoms with E-state index in [2.05, 4.69) is 34.0 Å². The molecule has 0 amide bonds. The second-order valence-corrected chi connectivity index (χ2v) is 4.84. The molecule has 0 aliphatic heterocycles. The first kappa shape index (κ1) is 14.6. The molecule has 3 nitrogen and oxygen atoms in total. The van der Waals surface area contributed by atoms with E-state index in [1.54, 1.807) is 14.2 Å². The van der Waals surface area contributed by atoms with Crippen LogP contribution in [0.25, 0.3) is 0 Å². The minimum absolute atomic E-state index is 0.779. The van der Waals surface area contributed by atoms with Gasteiger partial charge in [0, 0.05) is 6.54 Å². The molecule has 0 heterocycles. The van der Waals surface area contributed by atoms with Crippen LogP contribution in [0.5, 0.6) is 11.5 Å². The Labute approximate surface area is 117 Å². The molecule has 0 aliphatic carbocycles. The predicted molar refractivity (Wildman–Crippen MR) is 79.4 cm³/mol. The molecule has 0 bridgehead atoms. The molecule has 4 heteroatoms. The van der Waals surface area contributed by atoms with Crippen molar-refractivity contribution in [3.8, 4) is 11.5 Å². The summed E-state index contributed by atoms with van der Waals surface area (Å²) in [5.74, 6) is 1.57. The fourth-order valence-electron chi connectivity index (χ4n) is 1.57. The van der Waals surface area contributed by atoms with Gasteiger partial charge in [0.2, 0.25) is 0 Å². The van der Waals surface area contributed by atoms with Crippen molar-refractivity contribution in [2.75, 3.05) is 25.2 Å². The number of benzene rings is 1. The van der Waals surface area contributed by atoms with Gasteiger partial charge in [-0.15, -0.1) is 0 Å². The standard InChI is InChI=1S/C13H20INO2/c1-16-12-6-5-11(9-13(12)17-2)10-15-8-4-3-7-14/h5-6,9,15H,3-4,7-8,10H2,1-2H3. The molecule has 17 heavy (non-hydrogen) atoms. The summed E-state index contributed by atoms with van der Waals surface area (Å²) in [6, 6.07) is 6.03. The summed E-state index contributed by atoms with van der Waals surface area (Å²) >= 11 is 2.41. The quantitative estimate of drug-likeness (QED) is 0.445. The number of rotatable bonds is 8. The predicted octanol–water partition coefficient (Wildman–Crippen LogP) is 3.01. The van der Waals surface area contributed by atoms with E-state index in [4.69, 9.17) is 9.47 Å². The zero-order valence-corrected chi connectivity index (χ0v) is 12.6. The Kier molecular flexibility index (Phi) is 7.35. The van der Waals surface area contributed by atoms with E-state index in [1.165, 1.54) is 22.8 Å². The highest BCUT2D eigenvalue weighted by molar-refractivity contribution is 14.1. The second kappa shape index (κ2) is 8.58. The third-order valence-corrected chi connectivity index (χ3v) is 3.28. The van der Waals surface area contributed by atoms with Crippen LogP contribution < -0.4 is 14.8 Å². The SMILES string of the molecule is COc1ccc(CNCCCCI)cc1OC. The molecule has 0 spiro atoms. The van der Waals surface area contributed by atoms with Gasteiger partial charge in [-0.3, -0.25) is 0 Å². The molecule has 0 radical (unpaired) electrons. The smallest absolute Gasteiger partial charge is 0.161 e. The van der Waals surface area contributed by atoms with Crippen LogP contribution in [0.3, 0.4) is 0 Å². The number of hydrogen-bond acceptors (Lipinski definition) is 3. The van der Waals surface area contributed by atoms with E-state index in [1.807, 2.05) is 12.1 Å². The fourth-order valence-corrected chi connectivity index (χ4v) is 2.11. The molecule has 1 rings (SSSR count). The number of unbranched alkanes of at least 4 members (excludes halogenated alkanes) is 1. The molecule has 1 aromatic carbocycles. The van der Waals surface area contributed by atoms with Crippen molar-refractivity contribution >= 4 is 22.6 Å². The highest BCUT2D eigenvalue weighted by atomic mass is 127. The van der Waals surface area contributed by atoms with E-state index >= 15 is 0 Å². The summed E-state index contributed by atoms with van der Waals surface area (Å²) in [6.45, 7) is 1.94. The van der Waals surface area contributed by atoms with Crippen molar-refractivity contribution in [3.63, 3.8) is 0 Å². The molecule has 0 saturated carbocycles. The zero-order valence-electron chi connectivity index (χ0n) is 10.5. The van der Waals surface area contributed by atoms with Gasteiger partial charge in [0.15, 0.2) is 11.5 Å². The number of methoxy groups -OCH3 is 2. The third kappa shape index (κ3) is 5.12. The van der Waals surface area contributed by atoms with Crippen molar-refractivity contribution < 1.29 is 9.47 Å². The largest absolute Gasteiger partial charge is 0.493 e. The molecular formula is C13H20INO2. The van der Waals surface area contributed by atoms with Crippen molar-refractivity contribution in [2.24, 2.45) is 0 Å². The number of alkyl halides is 1. The molecule has 0 aliphatic rings. The van der Waals surface area contributed by atoms with Crippen LogP contribution >= 0.6 is 22.6 Å². The Bertz CT molecular complexity index is 331. The number of nitrogens with one attached hydrogen (secondary N) is 1. The molecule has 0 unspecified atom stereocenters. The molecular weight excluding hydrogens is 329 g/mol. The highest BCUT2D eigenvalue weighted by Gasteiger charge is 2.03. The second-order valence-electron chi connectivity index (χ2n) is 3.76. The monoisotopic (exact) mass is 349 g/mol. The van der Waals surface area contributed by atoms with Crippen LogP contribution in [-0.2, 0) is 6.54 Å². The van der Waals surface area contributed by atoms with Gasteiger partial charge in [-0.05, 0) is 41.5 Å². The lowest BCUT2D eigenvalue weighted by Crippen LogP contribution is -2.14. The van der Waals surface area contributed by atoms with Crippen LogP contribution in [0, 0.1) is 0 Å². The van der Waals surface area contributed by atoms with E-state index in [-0.39, 0.29) is 0 Å². The first-order chi connectivity index (χ1) is 8.31. The maximum atomic E-state index is 5.27. The minimum Gasteiger partial charge on any atom is -0.493 e. The molecule has 96 valence electrons. The maximum Gasteiger partial charge on any atom is 0.161 e. The van der Waals surface area contributed by atoms with Crippen molar-refractivity contribution in [1.29, 1.82) is 0 Å². The van der Waals surface area contributed by atoms with Gasteiger partial charge in [-0.25, -0.2) is 0 Å². The Morgan fingerprint density at radius 3 is 2.53 bits per heavy atom. The summed E-state index contributed by atoms with van der Waals surface area (Å²) in [4.78, 5) is 0. The van der Waals surface area contributed by atoms with Crippen molar-refractivity contribution in [3.05, 3.63) is 23.8 Å². The van der Waals surface area contributed by atoms with Gasteiger partial charge < -0.3 is 14.8 Å². The molecule has 1 N–H and O–H groups in total. The molecule has 0 fully saturated rings. The Balaban J connectivity index is 2.43. The van der Waals surface area contributed by atoms with Crippen LogP contribution in [0.15, 0.2) is 18.2 Å². The van der Waals surface area contributed by atoms with Gasteiger partial charge in [-0.2, -0.15) is 0 Å². The summed E-state index contributed by atoms with van der Waals surface area (Å²) in [5, 5.41) is 3.43. The minimum atomic E-state index is 0.779. The van der Waals surface area contributed by atoms with Crippen LogP contribution in [0.2, 0.25) is 0 Å². The fraction of sp³-hybridized carbons (Fsp3) is 0.538. The number of ether oxygens (including phenoxy) is 2. The number of halogens is 1. The summed E-state index contributed by atoms with van der Waals surface area (Å²) in [7, 11) is 3.31. The normalized spacial score (nSPS) is 10.3. The summed E-state index contributed by atoms with van der Waals surface area (Å²) in [5.41, 5.74) is 1.22.